The number of pyridine rings is 1. The third-order valence-electron chi connectivity index (χ3n) is 6.56. The quantitative estimate of drug-likeness (QED) is 0.479. The number of H-pyrrole nitrogens is 1. The van der Waals surface area contributed by atoms with Crippen LogP contribution >= 0.6 is 11.6 Å². The molecule has 2 aromatic rings. The van der Waals surface area contributed by atoms with Crippen molar-refractivity contribution in [1.29, 1.82) is 0 Å². The van der Waals surface area contributed by atoms with Gasteiger partial charge in [0.1, 0.15) is 0 Å². The molecule has 0 bridgehead atoms. The van der Waals surface area contributed by atoms with Crippen LogP contribution in [0.3, 0.4) is 0 Å². The zero-order valence-electron chi connectivity index (χ0n) is 19.9. The molecule has 180 valence electrons. The van der Waals surface area contributed by atoms with Gasteiger partial charge in [0.15, 0.2) is 9.84 Å². The van der Waals surface area contributed by atoms with Gasteiger partial charge in [0.05, 0.1) is 15.7 Å². The number of allylic oxidation sites excluding steroid dienone is 1. The van der Waals surface area contributed by atoms with E-state index in [2.05, 4.69) is 29.8 Å². The van der Waals surface area contributed by atoms with Crippen LogP contribution in [-0.4, -0.2) is 43.7 Å². The lowest BCUT2D eigenvalue weighted by molar-refractivity contribution is 0.305. The maximum Gasteiger partial charge on any atom is 0.251 e. The molecule has 1 saturated carbocycles. The molecule has 0 spiro atoms. The number of aromatic nitrogens is 1. The van der Waals surface area contributed by atoms with Gasteiger partial charge in [-0.1, -0.05) is 56.5 Å². The summed E-state index contributed by atoms with van der Waals surface area (Å²) >= 11 is 6.53. The Labute approximate surface area is 202 Å². The fourth-order valence-electron chi connectivity index (χ4n) is 4.45. The first-order chi connectivity index (χ1) is 15.7. The molecule has 1 fully saturated rings. The predicted molar refractivity (Wildman–Crippen MR) is 137 cm³/mol. The van der Waals surface area contributed by atoms with Gasteiger partial charge < -0.3 is 9.88 Å². The van der Waals surface area contributed by atoms with E-state index in [-0.39, 0.29) is 21.2 Å². The topological polar surface area (TPSA) is 70.2 Å². The summed E-state index contributed by atoms with van der Waals surface area (Å²) in [4.78, 5) is 17.6. The van der Waals surface area contributed by atoms with Crippen LogP contribution in [0.1, 0.15) is 62.8 Å². The number of aryl methyl sites for hydroxylation is 1. The van der Waals surface area contributed by atoms with E-state index in [0.29, 0.717) is 17.9 Å². The second-order valence-corrected chi connectivity index (χ2v) is 11.3. The first-order valence-electron chi connectivity index (χ1n) is 11.9. The number of hydrogen-bond acceptors (Lipinski definition) is 4. The van der Waals surface area contributed by atoms with E-state index >= 15 is 0 Å². The Morgan fingerprint density at radius 2 is 1.85 bits per heavy atom. The lowest BCUT2D eigenvalue weighted by atomic mass is 9.96. The van der Waals surface area contributed by atoms with Crippen LogP contribution in [0.4, 0.5) is 0 Å². The van der Waals surface area contributed by atoms with Gasteiger partial charge >= 0.3 is 0 Å². The minimum absolute atomic E-state index is 0.0681. The Morgan fingerprint density at radius 1 is 1.15 bits per heavy atom. The summed E-state index contributed by atoms with van der Waals surface area (Å²) in [5.74, 6) is 0.505. The van der Waals surface area contributed by atoms with Crippen LogP contribution in [0.5, 0.6) is 0 Å². The van der Waals surface area contributed by atoms with Crippen molar-refractivity contribution in [2.45, 2.75) is 57.8 Å². The zero-order chi connectivity index (χ0) is 24.0. The van der Waals surface area contributed by atoms with Gasteiger partial charge in [-0.2, -0.15) is 0 Å². The van der Waals surface area contributed by atoms with Gasteiger partial charge in [-0.15, -0.1) is 0 Å². The zero-order valence-corrected chi connectivity index (χ0v) is 21.4. The lowest BCUT2D eigenvalue weighted by Crippen LogP contribution is -2.25. The number of sulfone groups is 1. The summed E-state index contributed by atoms with van der Waals surface area (Å²) in [5, 5.41) is 0.224. The minimum atomic E-state index is -3.48. The number of halogens is 1. The first kappa shape index (κ1) is 25.7. The minimum Gasteiger partial charge on any atom is -0.322 e. The SMILES string of the molecule is CCN(CC)CCCS(=O)(=O)c1ccc(C(=CC2CCCC2)c2ccc(C)c(=O)[nH]2)cc1Cl. The highest BCUT2D eigenvalue weighted by atomic mass is 35.5. The van der Waals surface area contributed by atoms with Gasteiger partial charge in [0.25, 0.3) is 5.56 Å². The van der Waals surface area contributed by atoms with E-state index in [0.717, 1.165) is 49.3 Å². The van der Waals surface area contributed by atoms with Crippen molar-refractivity contribution in [3.8, 4) is 0 Å². The maximum absolute atomic E-state index is 13.0. The molecule has 0 aliphatic heterocycles. The van der Waals surface area contributed by atoms with Crippen LogP contribution in [0.15, 0.2) is 46.1 Å². The van der Waals surface area contributed by atoms with E-state index < -0.39 is 9.84 Å². The van der Waals surface area contributed by atoms with Gasteiger partial charge in [-0.05, 0) is 75.5 Å². The van der Waals surface area contributed by atoms with Gasteiger partial charge in [-0.3, -0.25) is 4.79 Å². The molecule has 0 atom stereocenters. The first-order valence-corrected chi connectivity index (χ1v) is 13.9. The molecule has 3 rings (SSSR count). The van der Waals surface area contributed by atoms with Gasteiger partial charge in [0, 0.05) is 16.8 Å². The normalized spacial score (nSPS) is 15.5. The summed E-state index contributed by atoms with van der Waals surface area (Å²) in [7, 11) is -3.48. The smallest absolute Gasteiger partial charge is 0.251 e. The largest absolute Gasteiger partial charge is 0.322 e. The van der Waals surface area contributed by atoms with Crippen molar-refractivity contribution in [2.75, 3.05) is 25.4 Å². The van der Waals surface area contributed by atoms with Crippen molar-refractivity contribution < 1.29 is 8.42 Å². The van der Waals surface area contributed by atoms with Gasteiger partial charge in [0.2, 0.25) is 0 Å². The van der Waals surface area contributed by atoms with E-state index in [4.69, 9.17) is 11.6 Å². The molecule has 1 heterocycles. The number of aromatic amines is 1. The Kier molecular flexibility index (Phi) is 8.96. The summed E-state index contributed by atoms with van der Waals surface area (Å²) in [6.07, 6.45) is 7.41. The van der Waals surface area contributed by atoms with Crippen molar-refractivity contribution in [2.24, 2.45) is 5.92 Å². The number of nitrogens with zero attached hydrogens (tertiary/aromatic N) is 1. The third kappa shape index (κ3) is 6.58. The van der Waals surface area contributed by atoms with Crippen LogP contribution in [0.2, 0.25) is 5.02 Å². The third-order valence-corrected chi connectivity index (χ3v) is 8.84. The molecule has 1 N–H and O–H groups in total. The monoisotopic (exact) mass is 490 g/mol. The fraction of sp³-hybridized carbons (Fsp3) is 0.500. The molecule has 33 heavy (non-hydrogen) atoms. The molecule has 0 saturated heterocycles. The number of benzene rings is 1. The molecular weight excluding hydrogens is 456 g/mol. The molecule has 0 radical (unpaired) electrons. The maximum atomic E-state index is 13.0. The fourth-order valence-corrected chi connectivity index (χ4v) is 6.35. The van der Waals surface area contributed by atoms with Crippen LogP contribution < -0.4 is 5.56 Å². The van der Waals surface area contributed by atoms with Crippen LogP contribution in [0, 0.1) is 12.8 Å². The molecule has 1 aromatic carbocycles. The summed E-state index contributed by atoms with van der Waals surface area (Å²) in [5.41, 5.74) is 2.97. The lowest BCUT2D eigenvalue weighted by Gasteiger charge is -2.18. The van der Waals surface area contributed by atoms with E-state index in [9.17, 15) is 13.2 Å². The Morgan fingerprint density at radius 3 is 2.45 bits per heavy atom. The summed E-state index contributed by atoms with van der Waals surface area (Å²) < 4.78 is 25.9. The highest BCUT2D eigenvalue weighted by molar-refractivity contribution is 7.91. The van der Waals surface area contributed by atoms with Crippen molar-refractivity contribution in [3.63, 3.8) is 0 Å². The average molecular weight is 491 g/mol. The van der Waals surface area contributed by atoms with E-state index in [1.54, 1.807) is 19.1 Å². The molecule has 1 aliphatic rings. The Hall–Kier alpha value is -1.89. The van der Waals surface area contributed by atoms with Crippen molar-refractivity contribution in [1.82, 2.24) is 9.88 Å². The second kappa shape index (κ2) is 11.5. The molecule has 5 nitrogen and oxygen atoms in total. The Bertz CT molecular complexity index is 1140. The number of rotatable bonds is 10. The van der Waals surface area contributed by atoms with Crippen LogP contribution in [0.25, 0.3) is 5.57 Å². The summed E-state index contributed by atoms with van der Waals surface area (Å²) in [6.45, 7) is 8.49. The highest BCUT2D eigenvalue weighted by Gasteiger charge is 2.21. The Balaban J connectivity index is 1.91. The van der Waals surface area contributed by atoms with Crippen LogP contribution in [-0.2, 0) is 9.84 Å². The summed E-state index contributed by atoms with van der Waals surface area (Å²) in [6, 6.07) is 8.86. The standard InChI is InChI=1S/C26H35ClN2O3S/c1-4-29(5-2)15-8-16-33(31,32)25-14-12-21(18-23(25)27)22(17-20-9-6-7-10-20)24-13-11-19(3)26(30)28-24/h11-14,17-18,20H,4-10,15-16H2,1-3H3,(H,28,30). The van der Waals surface area contributed by atoms with Crippen molar-refractivity contribution in [3.05, 3.63) is 68.6 Å². The van der Waals surface area contributed by atoms with Gasteiger partial charge in [-0.25, -0.2) is 8.42 Å². The molecule has 0 amide bonds. The molecular formula is C26H35ClN2O3S. The van der Waals surface area contributed by atoms with E-state index in [1.165, 1.54) is 12.8 Å². The second-order valence-electron chi connectivity index (χ2n) is 8.85. The molecule has 1 aromatic heterocycles. The number of hydrogen-bond donors (Lipinski definition) is 1. The number of nitrogens with one attached hydrogen (secondary N) is 1. The molecule has 7 heteroatoms. The average Bonchev–Trinajstić information content (AvgIpc) is 3.30. The predicted octanol–water partition coefficient (Wildman–Crippen LogP) is 5.46. The van der Waals surface area contributed by atoms with Crippen molar-refractivity contribution >= 4 is 27.0 Å². The molecule has 1 aliphatic carbocycles. The highest BCUT2D eigenvalue weighted by Crippen LogP contribution is 2.34. The van der Waals surface area contributed by atoms with E-state index in [1.807, 2.05) is 18.2 Å². The molecule has 0 unspecified atom stereocenters.